The van der Waals surface area contributed by atoms with Crippen LogP contribution in [0.5, 0.6) is 17.4 Å². The van der Waals surface area contributed by atoms with E-state index < -0.39 is 16.9 Å². The number of nitrogens with zero attached hydrogens (tertiary/aromatic N) is 5. The van der Waals surface area contributed by atoms with Crippen molar-refractivity contribution in [3.05, 3.63) is 52.5 Å². The highest BCUT2D eigenvalue weighted by Crippen LogP contribution is 2.29. The standard InChI is InChI=1S/C21H26N6O6/c1-5-32-18-8-7-15(9-19(18)33-6-2)11-25-12-16(10-22-25)23-20(28)14(3)26-13-17(27(29)30)21(24-26)31-4/h7-10,12-14H,5-6,11H2,1-4H3,(H,23,28). The average Bonchev–Trinajstić information content (AvgIpc) is 3.42. The molecule has 0 bridgehead atoms. The van der Waals surface area contributed by atoms with Gasteiger partial charge in [0.1, 0.15) is 12.2 Å². The van der Waals surface area contributed by atoms with Crippen molar-refractivity contribution in [2.45, 2.75) is 33.4 Å². The van der Waals surface area contributed by atoms with Crippen molar-refractivity contribution in [1.82, 2.24) is 19.6 Å². The Hall–Kier alpha value is -4.09. The molecule has 1 atom stereocenters. The highest BCUT2D eigenvalue weighted by molar-refractivity contribution is 5.93. The van der Waals surface area contributed by atoms with Gasteiger partial charge in [-0.1, -0.05) is 6.07 Å². The number of hydrogen-bond donors (Lipinski definition) is 1. The maximum absolute atomic E-state index is 12.6. The molecule has 2 aromatic heterocycles. The molecule has 0 aliphatic carbocycles. The molecule has 0 fully saturated rings. The lowest BCUT2D eigenvalue weighted by Gasteiger charge is -2.12. The van der Waals surface area contributed by atoms with E-state index in [2.05, 4.69) is 15.5 Å². The normalized spacial score (nSPS) is 11.6. The summed E-state index contributed by atoms with van der Waals surface area (Å²) in [5.41, 5.74) is 1.12. The van der Waals surface area contributed by atoms with Crippen LogP contribution in [0.2, 0.25) is 0 Å². The third-order valence-electron chi connectivity index (χ3n) is 4.70. The lowest BCUT2D eigenvalue weighted by molar-refractivity contribution is -0.385. The molecule has 33 heavy (non-hydrogen) atoms. The number of carbonyl (C=O) groups is 1. The molecule has 0 saturated carbocycles. The first-order valence-corrected chi connectivity index (χ1v) is 10.4. The second-order valence-electron chi connectivity index (χ2n) is 7.00. The SMILES string of the molecule is CCOc1ccc(Cn2cc(NC(=O)C(C)n3cc([N+](=O)[O-])c(OC)n3)cn2)cc1OCC. The van der Waals surface area contributed by atoms with Crippen molar-refractivity contribution in [3.63, 3.8) is 0 Å². The molecule has 176 valence electrons. The van der Waals surface area contributed by atoms with Crippen molar-refractivity contribution in [2.24, 2.45) is 0 Å². The Morgan fingerprint density at radius 2 is 1.94 bits per heavy atom. The molecule has 0 aliphatic rings. The van der Waals surface area contributed by atoms with Gasteiger partial charge in [-0.25, -0.2) is 4.68 Å². The number of nitro groups is 1. The van der Waals surface area contributed by atoms with Crippen LogP contribution in [0.3, 0.4) is 0 Å². The number of rotatable bonds is 11. The highest BCUT2D eigenvalue weighted by Gasteiger charge is 2.25. The summed E-state index contributed by atoms with van der Waals surface area (Å²) in [5.74, 6) is 0.777. The van der Waals surface area contributed by atoms with Gasteiger partial charge in [-0.15, -0.1) is 5.10 Å². The number of benzene rings is 1. The number of amides is 1. The van der Waals surface area contributed by atoms with E-state index in [4.69, 9.17) is 14.2 Å². The predicted octanol–water partition coefficient (Wildman–Crippen LogP) is 3.04. The minimum atomic E-state index is -0.809. The number of nitrogens with one attached hydrogen (secondary N) is 1. The van der Waals surface area contributed by atoms with Gasteiger partial charge in [0.2, 0.25) is 5.91 Å². The molecular weight excluding hydrogens is 432 g/mol. The van der Waals surface area contributed by atoms with Gasteiger partial charge in [0.15, 0.2) is 11.5 Å². The number of anilines is 1. The summed E-state index contributed by atoms with van der Waals surface area (Å²) in [4.78, 5) is 23.1. The van der Waals surface area contributed by atoms with Crippen LogP contribution >= 0.6 is 0 Å². The van der Waals surface area contributed by atoms with E-state index in [0.29, 0.717) is 36.9 Å². The maximum atomic E-state index is 12.6. The zero-order valence-electron chi connectivity index (χ0n) is 18.8. The monoisotopic (exact) mass is 458 g/mol. The quantitative estimate of drug-likeness (QED) is 0.342. The van der Waals surface area contributed by atoms with Crippen LogP contribution in [0.25, 0.3) is 0 Å². The Morgan fingerprint density at radius 1 is 1.21 bits per heavy atom. The van der Waals surface area contributed by atoms with Crippen molar-refractivity contribution < 1.29 is 23.9 Å². The molecule has 12 nitrogen and oxygen atoms in total. The first-order chi connectivity index (χ1) is 15.9. The molecule has 2 heterocycles. The fourth-order valence-corrected chi connectivity index (χ4v) is 3.10. The van der Waals surface area contributed by atoms with Gasteiger partial charge in [0.05, 0.1) is 43.7 Å². The molecule has 1 unspecified atom stereocenters. The molecule has 1 N–H and O–H groups in total. The summed E-state index contributed by atoms with van der Waals surface area (Å²) in [5, 5.41) is 22.1. The van der Waals surface area contributed by atoms with E-state index in [0.717, 1.165) is 11.8 Å². The number of hydrogen-bond acceptors (Lipinski definition) is 8. The van der Waals surface area contributed by atoms with Crippen molar-refractivity contribution in [1.29, 1.82) is 0 Å². The Balaban J connectivity index is 1.67. The molecular formula is C21H26N6O6. The van der Waals surface area contributed by atoms with Crippen LogP contribution in [-0.2, 0) is 11.3 Å². The minimum absolute atomic E-state index is 0.158. The van der Waals surface area contributed by atoms with Gasteiger partial charge in [-0.2, -0.15) is 5.10 Å². The average molecular weight is 458 g/mol. The molecule has 0 radical (unpaired) electrons. The highest BCUT2D eigenvalue weighted by atomic mass is 16.6. The van der Waals surface area contributed by atoms with Gasteiger partial charge in [0.25, 0.3) is 0 Å². The molecule has 3 aromatic rings. The first-order valence-electron chi connectivity index (χ1n) is 10.4. The van der Waals surface area contributed by atoms with E-state index in [1.807, 2.05) is 32.0 Å². The smallest absolute Gasteiger partial charge is 0.350 e. The van der Waals surface area contributed by atoms with E-state index in [1.54, 1.807) is 17.8 Å². The Labute approximate surface area is 190 Å². The zero-order valence-corrected chi connectivity index (χ0v) is 18.8. The summed E-state index contributed by atoms with van der Waals surface area (Å²) >= 11 is 0. The number of ether oxygens (including phenoxy) is 3. The molecule has 1 aromatic carbocycles. The molecule has 3 rings (SSSR count). The summed E-state index contributed by atoms with van der Waals surface area (Å²) < 4.78 is 19.0. The largest absolute Gasteiger partial charge is 0.490 e. The fourth-order valence-electron chi connectivity index (χ4n) is 3.10. The second kappa shape index (κ2) is 10.5. The van der Waals surface area contributed by atoms with Crippen molar-refractivity contribution in [3.8, 4) is 17.4 Å². The lowest BCUT2D eigenvalue weighted by atomic mass is 10.2. The van der Waals surface area contributed by atoms with E-state index >= 15 is 0 Å². The van der Waals surface area contributed by atoms with Crippen LogP contribution in [-0.4, -0.2) is 50.7 Å². The van der Waals surface area contributed by atoms with Gasteiger partial charge >= 0.3 is 11.6 Å². The summed E-state index contributed by atoms with van der Waals surface area (Å²) in [7, 11) is 1.28. The topological polar surface area (TPSA) is 136 Å². The van der Waals surface area contributed by atoms with Crippen LogP contribution in [0.1, 0.15) is 32.4 Å². The van der Waals surface area contributed by atoms with Gasteiger partial charge in [-0.3, -0.25) is 19.6 Å². The van der Waals surface area contributed by atoms with E-state index in [9.17, 15) is 14.9 Å². The summed E-state index contributed by atoms with van der Waals surface area (Å²) in [6, 6.07) is 4.87. The second-order valence-corrected chi connectivity index (χ2v) is 7.00. The van der Waals surface area contributed by atoms with Gasteiger partial charge < -0.3 is 19.5 Å². The molecule has 1 amide bonds. The van der Waals surface area contributed by atoms with E-state index in [1.165, 1.54) is 18.0 Å². The fraction of sp³-hybridized carbons (Fsp3) is 0.381. The molecule has 0 saturated heterocycles. The molecule has 0 spiro atoms. The lowest BCUT2D eigenvalue weighted by Crippen LogP contribution is -2.23. The third-order valence-corrected chi connectivity index (χ3v) is 4.70. The molecule has 0 aliphatic heterocycles. The van der Waals surface area contributed by atoms with Crippen LogP contribution in [0, 0.1) is 10.1 Å². The Morgan fingerprint density at radius 3 is 2.58 bits per heavy atom. The maximum Gasteiger partial charge on any atom is 0.350 e. The van der Waals surface area contributed by atoms with E-state index in [-0.39, 0.29) is 11.6 Å². The number of aromatic nitrogens is 4. The van der Waals surface area contributed by atoms with Gasteiger partial charge in [-0.05, 0) is 38.5 Å². The first kappa shape index (κ1) is 23.6. The van der Waals surface area contributed by atoms with Crippen LogP contribution in [0.4, 0.5) is 11.4 Å². The van der Waals surface area contributed by atoms with Crippen molar-refractivity contribution >= 4 is 17.3 Å². The van der Waals surface area contributed by atoms with Crippen LogP contribution < -0.4 is 19.5 Å². The predicted molar refractivity (Wildman–Crippen MR) is 119 cm³/mol. The number of methoxy groups -OCH3 is 1. The Kier molecular flexibility index (Phi) is 7.49. The zero-order chi connectivity index (χ0) is 24.0. The van der Waals surface area contributed by atoms with Crippen LogP contribution in [0.15, 0.2) is 36.8 Å². The molecule has 12 heteroatoms. The van der Waals surface area contributed by atoms with Crippen molar-refractivity contribution in [2.75, 3.05) is 25.6 Å². The minimum Gasteiger partial charge on any atom is -0.490 e. The Bertz CT molecular complexity index is 1120. The summed E-state index contributed by atoms with van der Waals surface area (Å²) in [6.07, 6.45) is 4.37. The third kappa shape index (κ3) is 5.59. The number of carbonyl (C=O) groups excluding carboxylic acids is 1. The van der Waals surface area contributed by atoms with Gasteiger partial charge in [0, 0.05) is 6.20 Å². The summed E-state index contributed by atoms with van der Waals surface area (Å²) in [6.45, 7) is 6.91.